The first-order valence-corrected chi connectivity index (χ1v) is 6.99. The monoisotopic (exact) mass is 262 g/mol. The number of hydrogen-bond acceptors (Lipinski definition) is 2. The fourth-order valence-corrected chi connectivity index (χ4v) is 3.49. The van der Waals surface area contributed by atoms with Crippen molar-refractivity contribution in [2.45, 2.75) is 50.2 Å². The largest absolute Gasteiger partial charge is 0.331 e. The quantitative estimate of drug-likeness (QED) is 0.889. The highest BCUT2D eigenvalue weighted by atomic mass is 19.1. The summed E-state index contributed by atoms with van der Waals surface area (Å²) in [4.78, 5) is 14.0. The molecule has 1 heterocycles. The number of carbonyl (C=O) groups is 1. The van der Waals surface area contributed by atoms with E-state index in [2.05, 4.69) is 0 Å². The molecule has 1 aliphatic carbocycles. The van der Waals surface area contributed by atoms with Gasteiger partial charge in [-0.15, -0.1) is 0 Å². The average molecular weight is 262 g/mol. The van der Waals surface area contributed by atoms with Gasteiger partial charge in [-0.2, -0.15) is 0 Å². The Hall–Kier alpha value is -1.42. The van der Waals surface area contributed by atoms with Crippen molar-refractivity contribution < 1.29 is 9.18 Å². The Kier molecular flexibility index (Phi) is 3.27. The Labute approximate surface area is 112 Å². The smallest absolute Gasteiger partial charge is 0.225 e. The lowest BCUT2D eigenvalue weighted by Crippen LogP contribution is -2.39. The molecule has 2 fully saturated rings. The number of benzene rings is 1. The summed E-state index contributed by atoms with van der Waals surface area (Å²) in [5.74, 6) is -0.187. The van der Waals surface area contributed by atoms with E-state index in [0.717, 1.165) is 25.7 Å². The van der Waals surface area contributed by atoms with Crippen LogP contribution >= 0.6 is 0 Å². The minimum absolute atomic E-state index is 0.0765. The molecule has 1 amide bonds. The predicted octanol–water partition coefficient (Wildman–Crippen LogP) is 2.37. The molecule has 1 aromatic carbocycles. The first-order valence-electron chi connectivity index (χ1n) is 6.99. The van der Waals surface area contributed by atoms with Gasteiger partial charge >= 0.3 is 0 Å². The van der Waals surface area contributed by atoms with Crippen LogP contribution in [0, 0.1) is 5.82 Å². The molecule has 1 aromatic rings. The van der Waals surface area contributed by atoms with Crippen molar-refractivity contribution >= 4 is 5.91 Å². The van der Waals surface area contributed by atoms with Gasteiger partial charge in [-0.1, -0.05) is 31.0 Å². The van der Waals surface area contributed by atoms with Gasteiger partial charge in [0.25, 0.3) is 0 Å². The number of nitrogens with two attached hydrogens (primary N) is 1. The zero-order valence-electron chi connectivity index (χ0n) is 10.9. The number of halogens is 1. The minimum Gasteiger partial charge on any atom is -0.331 e. The van der Waals surface area contributed by atoms with Gasteiger partial charge in [-0.3, -0.25) is 4.79 Å². The summed E-state index contributed by atoms with van der Waals surface area (Å²) >= 11 is 0. The van der Waals surface area contributed by atoms with Crippen molar-refractivity contribution in [2.24, 2.45) is 5.73 Å². The number of nitrogens with zero attached hydrogens (tertiary/aromatic N) is 1. The van der Waals surface area contributed by atoms with E-state index < -0.39 is 0 Å². The first kappa shape index (κ1) is 12.6. The molecule has 3 nitrogen and oxygen atoms in total. The van der Waals surface area contributed by atoms with Gasteiger partial charge in [0, 0.05) is 24.1 Å². The van der Waals surface area contributed by atoms with Crippen molar-refractivity contribution in [3.05, 3.63) is 35.6 Å². The summed E-state index contributed by atoms with van der Waals surface area (Å²) in [6, 6.07) is 6.31. The summed E-state index contributed by atoms with van der Waals surface area (Å²) in [7, 11) is 0. The summed E-state index contributed by atoms with van der Waals surface area (Å²) < 4.78 is 14.0. The van der Waals surface area contributed by atoms with E-state index in [4.69, 9.17) is 5.73 Å². The van der Waals surface area contributed by atoms with Crippen LogP contribution in [0.1, 0.15) is 43.7 Å². The van der Waals surface area contributed by atoms with Crippen molar-refractivity contribution in [3.8, 4) is 0 Å². The number of likely N-dealkylation sites (tertiary alicyclic amines) is 1. The number of rotatable bonds is 2. The number of hydrogen-bond donors (Lipinski definition) is 1. The van der Waals surface area contributed by atoms with E-state index in [9.17, 15) is 9.18 Å². The molecule has 2 N–H and O–H groups in total. The molecule has 102 valence electrons. The van der Waals surface area contributed by atoms with Gasteiger partial charge in [0.1, 0.15) is 5.82 Å². The molecule has 0 bridgehead atoms. The zero-order valence-corrected chi connectivity index (χ0v) is 10.9. The van der Waals surface area contributed by atoms with E-state index in [1.165, 1.54) is 6.07 Å². The van der Waals surface area contributed by atoms with Gasteiger partial charge in [0.15, 0.2) is 0 Å². The van der Waals surface area contributed by atoms with Crippen molar-refractivity contribution in [1.82, 2.24) is 4.90 Å². The molecule has 4 heteroatoms. The van der Waals surface area contributed by atoms with Crippen LogP contribution < -0.4 is 5.73 Å². The Morgan fingerprint density at radius 1 is 1.21 bits per heavy atom. The van der Waals surface area contributed by atoms with Crippen molar-refractivity contribution in [3.63, 3.8) is 0 Å². The summed E-state index contributed by atoms with van der Waals surface area (Å²) in [5.41, 5.74) is 6.66. The maximum atomic E-state index is 14.0. The molecule has 1 saturated heterocycles. The highest BCUT2D eigenvalue weighted by Gasteiger charge is 2.43. The van der Waals surface area contributed by atoms with E-state index in [0.29, 0.717) is 12.0 Å². The number of carbonyl (C=O) groups excluding carboxylic acids is 1. The molecular weight excluding hydrogens is 243 g/mol. The Morgan fingerprint density at radius 3 is 2.58 bits per heavy atom. The van der Waals surface area contributed by atoms with E-state index in [1.807, 2.05) is 4.90 Å². The van der Waals surface area contributed by atoms with Crippen molar-refractivity contribution in [1.29, 1.82) is 0 Å². The second kappa shape index (κ2) is 4.93. The molecule has 3 rings (SSSR count). The average Bonchev–Trinajstić information content (AvgIpc) is 2.98. The fraction of sp³-hybridized carbons (Fsp3) is 0.533. The van der Waals surface area contributed by atoms with Gasteiger partial charge < -0.3 is 10.6 Å². The summed E-state index contributed by atoms with van der Waals surface area (Å²) in [6.07, 6.45) is 4.66. The van der Waals surface area contributed by atoms with Crippen LogP contribution in [0.5, 0.6) is 0 Å². The second-order valence-corrected chi connectivity index (χ2v) is 5.57. The van der Waals surface area contributed by atoms with E-state index >= 15 is 0 Å². The molecular formula is C15H19FN2O. The SMILES string of the molecule is NC1CC(=O)N(C2CCCC2)C1c1ccccc1F. The molecule has 2 aliphatic rings. The van der Waals surface area contributed by atoms with E-state index in [-0.39, 0.29) is 29.8 Å². The molecule has 0 spiro atoms. The highest BCUT2D eigenvalue weighted by molar-refractivity contribution is 5.80. The van der Waals surface area contributed by atoms with Gasteiger partial charge in [-0.25, -0.2) is 4.39 Å². The van der Waals surface area contributed by atoms with Crippen LogP contribution in [-0.4, -0.2) is 22.9 Å². The standard InChI is InChI=1S/C15H19FN2O/c16-12-8-4-3-7-11(12)15-13(17)9-14(19)18(15)10-5-1-2-6-10/h3-4,7-8,10,13,15H,1-2,5-6,9,17H2. The third-order valence-electron chi connectivity index (χ3n) is 4.35. The molecule has 1 aliphatic heterocycles. The summed E-state index contributed by atoms with van der Waals surface area (Å²) in [5, 5.41) is 0. The molecule has 19 heavy (non-hydrogen) atoms. The third-order valence-corrected chi connectivity index (χ3v) is 4.35. The second-order valence-electron chi connectivity index (χ2n) is 5.57. The van der Waals surface area contributed by atoms with Crippen LogP contribution in [-0.2, 0) is 4.79 Å². The molecule has 0 radical (unpaired) electrons. The maximum absolute atomic E-state index is 14.0. The Morgan fingerprint density at radius 2 is 1.89 bits per heavy atom. The topological polar surface area (TPSA) is 46.3 Å². The molecule has 0 aromatic heterocycles. The van der Waals surface area contributed by atoms with Gasteiger partial charge in [0.2, 0.25) is 5.91 Å². The lowest BCUT2D eigenvalue weighted by molar-refractivity contribution is -0.131. The first-order chi connectivity index (χ1) is 9.18. The zero-order chi connectivity index (χ0) is 13.4. The van der Waals surface area contributed by atoms with Gasteiger partial charge in [-0.05, 0) is 18.9 Å². The van der Waals surface area contributed by atoms with Crippen LogP contribution in [0.3, 0.4) is 0 Å². The molecule has 2 atom stereocenters. The lowest BCUT2D eigenvalue weighted by atomic mass is 9.99. The third kappa shape index (κ3) is 2.14. The Balaban J connectivity index is 1.96. The summed E-state index contributed by atoms with van der Waals surface area (Å²) in [6.45, 7) is 0. The van der Waals surface area contributed by atoms with Gasteiger partial charge in [0.05, 0.1) is 6.04 Å². The van der Waals surface area contributed by atoms with E-state index in [1.54, 1.807) is 18.2 Å². The molecule has 2 unspecified atom stereocenters. The normalized spacial score (nSPS) is 28.3. The van der Waals surface area contributed by atoms with Crippen molar-refractivity contribution in [2.75, 3.05) is 0 Å². The molecule has 1 saturated carbocycles. The highest BCUT2D eigenvalue weighted by Crippen LogP contribution is 2.39. The van der Waals surface area contributed by atoms with Crippen LogP contribution in [0.15, 0.2) is 24.3 Å². The minimum atomic E-state index is -0.301. The maximum Gasteiger partial charge on any atom is 0.225 e. The van der Waals surface area contributed by atoms with Crippen LogP contribution in [0.25, 0.3) is 0 Å². The predicted molar refractivity (Wildman–Crippen MR) is 70.8 cm³/mol. The van der Waals surface area contributed by atoms with Crippen LogP contribution in [0.2, 0.25) is 0 Å². The van der Waals surface area contributed by atoms with Crippen LogP contribution in [0.4, 0.5) is 4.39 Å². The Bertz CT molecular complexity index is 485. The fourth-order valence-electron chi connectivity index (χ4n) is 3.49. The lowest BCUT2D eigenvalue weighted by Gasteiger charge is -2.32. The number of amides is 1.